The number of hydrogen-bond acceptors (Lipinski definition) is 6. The molecule has 0 spiro atoms. The second-order valence-corrected chi connectivity index (χ2v) is 5.78. The van der Waals surface area contributed by atoms with Gasteiger partial charge in [0.25, 0.3) is 5.91 Å². The highest BCUT2D eigenvalue weighted by molar-refractivity contribution is 5.93. The minimum Gasteiger partial charge on any atom is -0.465 e. The quantitative estimate of drug-likeness (QED) is 0.731. The zero-order chi connectivity index (χ0) is 18.9. The van der Waals surface area contributed by atoms with Gasteiger partial charge in [0.1, 0.15) is 17.8 Å². The van der Waals surface area contributed by atoms with Crippen molar-refractivity contribution in [2.24, 2.45) is 0 Å². The third-order valence-electron chi connectivity index (χ3n) is 3.72. The summed E-state index contributed by atoms with van der Waals surface area (Å²) in [5, 5.41) is 3.09. The van der Waals surface area contributed by atoms with Crippen molar-refractivity contribution in [1.29, 1.82) is 0 Å². The van der Waals surface area contributed by atoms with Crippen molar-refractivity contribution in [3.63, 3.8) is 0 Å². The second-order valence-electron chi connectivity index (χ2n) is 5.78. The molecule has 0 radical (unpaired) electrons. The number of carbonyl (C=O) groups is 2. The summed E-state index contributed by atoms with van der Waals surface area (Å²) in [6, 6.07) is 8.49. The summed E-state index contributed by atoms with van der Waals surface area (Å²) < 4.78 is 4.72. The van der Waals surface area contributed by atoms with E-state index >= 15 is 0 Å². The fraction of sp³-hybridized carbons (Fsp3) is 0.368. The highest BCUT2D eigenvalue weighted by atomic mass is 16.5. The lowest BCUT2D eigenvalue weighted by Crippen LogP contribution is -2.33. The maximum absolute atomic E-state index is 12.7. The van der Waals surface area contributed by atoms with Crippen LogP contribution < -0.4 is 5.32 Å². The molecule has 0 aliphatic rings. The van der Waals surface area contributed by atoms with Gasteiger partial charge in [-0.2, -0.15) is 0 Å². The van der Waals surface area contributed by atoms with E-state index in [1.807, 2.05) is 13.8 Å². The van der Waals surface area contributed by atoms with Crippen LogP contribution in [0.25, 0.3) is 0 Å². The molecule has 1 heterocycles. The number of carbonyl (C=O) groups excluding carboxylic acids is 2. The van der Waals surface area contributed by atoms with Crippen molar-refractivity contribution in [1.82, 2.24) is 14.9 Å². The van der Waals surface area contributed by atoms with Crippen LogP contribution in [0.5, 0.6) is 0 Å². The fourth-order valence-corrected chi connectivity index (χ4v) is 2.55. The molecule has 1 aromatic heterocycles. The minimum absolute atomic E-state index is 0.109. The average molecular weight is 356 g/mol. The van der Waals surface area contributed by atoms with Gasteiger partial charge in [0.05, 0.1) is 12.7 Å². The topological polar surface area (TPSA) is 84.4 Å². The van der Waals surface area contributed by atoms with Crippen LogP contribution in [0.4, 0.5) is 11.5 Å². The summed E-state index contributed by atoms with van der Waals surface area (Å²) in [7, 11) is 1.34. The Kier molecular flexibility index (Phi) is 7.08. The molecule has 0 saturated heterocycles. The predicted octanol–water partition coefficient (Wildman–Crippen LogP) is 3.27. The Morgan fingerprint density at radius 2 is 1.85 bits per heavy atom. The van der Waals surface area contributed by atoms with Crippen LogP contribution >= 0.6 is 0 Å². The van der Waals surface area contributed by atoms with Gasteiger partial charge in [-0.15, -0.1) is 0 Å². The Hall–Kier alpha value is -2.96. The lowest BCUT2D eigenvalue weighted by molar-refractivity contribution is 0.0600. The van der Waals surface area contributed by atoms with Crippen LogP contribution in [-0.2, 0) is 4.74 Å². The maximum Gasteiger partial charge on any atom is 0.337 e. The van der Waals surface area contributed by atoms with Crippen molar-refractivity contribution in [3.8, 4) is 0 Å². The van der Waals surface area contributed by atoms with Crippen molar-refractivity contribution in [2.75, 3.05) is 25.5 Å². The Balaban J connectivity index is 2.19. The molecule has 0 unspecified atom stereocenters. The van der Waals surface area contributed by atoms with E-state index in [2.05, 4.69) is 15.3 Å². The molecule has 2 aromatic rings. The molecule has 0 fully saturated rings. The lowest BCUT2D eigenvalue weighted by Gasteiger charge is -2.21. The molecule has 0 atom stereocenters. The maximum atomic E-state index is 12.7. The SMILES string of the molecule is CCCN(CCC)C(=O)c1cc(Nc2cccc(C(=O)OC)c2)ncn1. The first-order valence-electron chi connectivity index (χ1n) is 8.65. The smallest absolute Gasteiger partial charge is 0.337 e. The Labute approximate surface area is 153 Å². The number of esters is 1. The molecule has 138 valence electrons. The number of benzene rings is 1. The normalized spacial score (nSPS) is 10.3. The van der Waals surface area contributed by atoms with E-state index in [1.54, 1.807) is 35.2 Å². The number of anilines is 2. The van der Waals surface area contributed by atoms with E-state index in [0.29, 0.717) is 35.9 Å². The Morgan fingerprint density at radius 3 is 2.50 bits per heavy atom. The summed E-state index contributed by atoms with van der Waals surface area (Å²) in [5.74, 6) is -0.0391. The number of ether oxygens (including phenoxy) is 1. The molecule has 0 saturated carbocycles. The lowest BCUT2D eigenvalue weighted by atomic mass is 10.2. The number of rotatable bonds is 8. The highest BCUT2D eigenvalue weighted by Crippen LogP contribution is 2.17. The van der Waals surface area contributed by atoms with Crippen LogP contribution in [0.1, 0.15) is 47.5 Å². The highest BCUT2D eigenvalue weighted by Gasteiger charge is 2.16. The molecule has 1 amide bonds. The van der Waals surface area contributed by atoms with E-state index in [0.717, 1.165) is 12.8 Å². The summed E-state index contributed by atoms with van der Waals surface area (Å²) in [5.41, 5.74) is 1.44. The van der Waals surface area contributed by atoms with Gasteiger partial charge < -0.3 is 15.0 Å². The number of hydrogen-bond donors (Lipinski definition) is 1. The number of methoxy groups -OCH3 is 1. The van der Waals surface area contributed by atoms with Crippen molar-refractivity contribution in [3.05, 3.63) is 47.9 Å². The van der Waals surface area contributed by atoms with Gasteiger partial charge in [-0.3, -0.25) is 4.79 Å². The minimum atomic E-state index is -0.415. The van der Waals surface area contributed by atoms with Gasteiger partial charge in [0, 0.05) is 24.8 Å². The molecule has 26 heavy (non-hydrogen) atoms. The molecule has 1 aromatic carbocycles. The van der Waals surface area contributed by atoms with E-state index in [4.69, 9.17) is 4.74 Å². The molecule has 7 heteroatoms. The predicted molar refractivity (Wildman–Crippen MR) is 99.6 cm³/mol. The monoisotopic (exact) mass is 356 g/mol. The second kappa shape index (κ2) is 9.50. The molecule has 1 N–H and O–H groups in total. The van der Waals surface area contributed by atoms with Gasteiger partial charge >= 0.3 is 5.97 Å². The van der Waals surface area contributed by atoms with Crippen LogP contribution in [0.3, 0.4) is 0 Å². The standard InChI is InChI=1S/C19H24N4O3/c1-4-9-23(10-5-2)18(24)16-12-17(21-13-20-16)22-15-8-6-7-14(11-15)19(25)26-3/h6-8,11-13H,4-5,9-10H2,1-3H3,(H,20,21,22). The summed E-state index contributed by atoms with van der Waals surface area (Å²) in [4.78, 5) is 34.4. The number of nitrogens with one attached hydrogen (secondary N) is 1. The van der Waals surface area contributed by atoms with Crippen molar-refractivity contribution >= 4 is 23.4 Å². The first kappa shape index (κ1) is 19.4. The average Bonchev–Trinajstić information content (AvgIpc) is 2.67. The largest absolute Gasteiger partial charge is 0.465 e. The number of nitrogens with zero attached hydrogens (tertiary/aromatic N) is 3. The van der Waals surface area contributed by atoms with Gasteiger partial charge in [-0.25, -0.2) is 14.8 Å². The van der Waals surface area contributed by atoms with Crippen LogP contribution in [0.15, 0.2) is 36.7 Å². The van der Waals surface area contributed by atoms with Gasteiger partial charge in [-0.05, 0) is 31.0 Å². The summed E-state index contributed by atoms with van der Waals surface area (Å²) in [6.45, 7) is 5.47. The van der Waals surface area contributed by atoms with Crippen molar-refractivity contribution in [2.45, 2.75) is 26.7 Å². The third-order valence-corrected chi connectivity index (χ3v) is 3.72. The van der Waals surface area contributed by atoms with Crippen LogP contribution in [-0.4, -0.2) is 46.9 Å². The number of amides is 1. The molecular weight excluding hydrogens is 332 g/mol. The van der Waals surface area contributed by atoms with Crippen LogP contribution in [0, 0.1) is 0 Å². The molecule has 0 aliphatic carbocycles. The van der Waals surface area contributed by atoms with E-state index < -0.39 is 5.97 Å². The molecular formula is C19H24N4O3. The summed E-state index contributed by atoms with van der Waals surface area (Å²) in [6.07, 6.45) is 3.14. The van der Waals surface area contributed by atoms with E-state index in [9.17, 15) is 9.59 Å². The van der Waals surface area contributed by atoms with Gasteiger partial charge in [-0.1, -0.05) is 19.9 Å². The third kappa shape index (κ3) is 5.02. The van der Waals surface area contributed by atoms with E-state index in [1.165, 1.54) is 13.4 Å². The zero-order valence-electron chi connectivity index (χ0n) is 15.4. The Bertz CT molecular complexity index is 758. The first-order valence-corrected chi connectivity index (χ1v) is 8.65. The summed E-state index contributed by atoms with van der Waals surface area (Å²) >= 11 is 0. The molecule has 0 aliphatic heterocycles. The van der Waals surface area contributed by atoms with Gasteiger partial charge in [0.15, 0.2) is 0 Å². The number of aromatic nitrogens is 2. The van der Waals surface area contributed by atoms with Crippen LogP contribution in [0.2, 0.25) is 0 Å². The van der Waals surface area contributed by atoms with E-state index in [-0.39, 0.29) is 5.91 Å². The van der Waals surface area contributed by atoms with Gasteiger partial charge in [0.2, 0.25) is 0 Å². The van der Waals surface area contributed by atoms with Crippen molar-refractivity contribution < 1.29 is 14.3 Å². The fourth-order valence-electron chi connectivity index (χ4n) is 2.55. The first-order chi connectivity index (χ1) is 12.6. The molecule has 0 bridgehead atoms. The Morgan fingerprint density at radius 1 is 1.12 bits per heavy atom. The zero-order valence-corrected chi connectivity index (χ0v) is 15.4. The molecule has 7 nitrogen and oxygen atoms in total. The molecule has 2 rings (SSSR count).